The van der Waals surface area contributed by atoms with Crippen LogP contribution in [0.15, 0.2) is 77.2 Å². The van der Waals surface area contributed by atoms with Gasteiger partial charge in [0.2, 0.25) is 0 Å². The van der Waals surface area contributed by atoms with Crippen LogP contribution in [0.3, 0.4) is 0 Å². The Morgan fingerprint density at radius 3 is 2.56 bits per heavy atom. The smallest absolute Gasteiger partial charge is 0.155 e. The fourth-order valence-corrected chi connectivity index (χ4v) is 4.97. The molecule has 0 aliphatic rings. The van der Waals surface area contributed by atoms with Gasteiger partial charge in [0.25, 0.3) is 0 Å². The summed E-state index contributed by atoms with van der Waals surface area (Å²) in [6.45, 7) is 0. The molecule has 0 atom stereocenters. The summed E-state index contributed by atoms with van der Waals surface area (Å²) in [5.41, 5.74) is 3.60. The highest BCUT2D eigenvalue weighted by Gasteiger charge is 2.17. The van der Waals surface area contributed by atoms with Crippen LogP contribution in [0, 0.1) is 0 Å². The number of furan rings is 1. The van der Waals surface area contributed by atoms with Crippen molar-refractivity contribution in [2.75, 3.05) is 0 Å². The van der Waals surface area contributed by atoms with E-state index in [-0.39, 0.29) is 0 Å². The Morgan fingerprint density at radius 1 is 0.815 bits per heavy atom. The Morgan fingerprint density at radius 2 is 1.63 bits per heavy atom. The molecule has 2 nitrogen and oxygen atoms in total. The average molecular weight is 386 g/mol. The summed E-state index contributed by atoms with van der Waals surface area (Å²) in [4.78, 5) is 4.88. The number of hydrogen-bond acceptors (Lipinski definition) is 3. The van der Waals surface area contributed by atoms with Crippen molar-refractivity contribution in [1.82, 2.24) is 4.98 Å². The molecule has 0 spiro atoms. The third-order valence-corrected chi connectivity index (χ3v) is 6.57. The number of rotatable bonds is 1. The predicted octanol–water partition coefficient (Wildman–Crippen LogP) is 7.67. The van der Waals surface area contributed by atoms with Crippen molar-refractivity contribution in [3.8, 4) is 10.6 Å². The number of benzene rings is 4. The van der Waals surface area contributed by atoms with E-state index in [4.69, 9.17) is 21.0 Å². The van der Waals surface area contributed by atoms with Crippen LogP contribution < -0.4 is 0 Å². The zero-order valence-electron chi connectivity index (χ0n) is 14.1. The Labute approximate surface area is 163 Å². The summed E-state index contributed by atoms with van der Waals surface area (Å²) < 4.78 is 6.98. The summed E-state index contributed by atoms with van der Waals surface area (Å²) in [6.07, 6.45) is 0. The molecular weight excluding hydrogens is 374 g/mol. The van der Waals surface area contributed by atoms with Crippen LogP contribution in [-0.2, 0) is 0 Å². The van der Waals surface area contributed by atoms with E-state index in [9.17, 15) is 0 Å². The van der Waals surface area contributed by atoms with E-state index in [0.717, 1.165) is 42.7 Å². The van der Waals surface area contributed by atoms with E-state index in [1.165, 1.54) is 10.8 Å². The molecule has 0 N–H and O–H groups in total. The second-order valence-electron chi connectivity index (χ2n) is 6.59. The second kappa shape index (κ2) is 5.56. The van der Waals surface area contributed by atoms with Crippen LogP contribution in [0.2, 0.25) is 5.02 Å². The molecule has 6 rings (SSSR count). The highest BCUT2D eigenvalue weighted by atomic mass is 35.5. The number of fused-ring (bicyclic) bond motifs is 5. The molecule has 0 unspecified atom stereocenters. The van der Waals surface area contributed by atoms with E-state index in [2.05, 4.69) is 54.6 Å². The quantitative estimate of drug-likeness (QED) is 0.290. The topological polar surface area (TPSA) is 26.0 Å². The monoisotopic (exact) mass is 385 g/mol. The number of thiazole rings is 1. The van der Waals surface area contributed by atoms with Crippen molar-refractivity contribution in [2.45, 2.75) is 0 Å². The fraction of sp³-hybridized carbons (Fsp3) is 0. The molecule has 0 radical (unpaired) electrons. The van der Waals surface area contributed by atoms with E-state index in [0.29, 0.717) is 5.02 Å². The molecule has 0 fully saturated rings. The third-order valence-electron chi connectivity index (χ3n) is 4.96. The SMILES string of the molecule is Clc1c2oc3ccccc3c2cc2nc(-c3ccc4ccccc4c3)sc12. The molecule has 0 aliphatic carbocycles. The molecule has 2 aromatic heterocycles. The van der Waals surface area contributed by atoms with Crippen molar-refractivity contribution in [3.05, 3.63) is 77.8 Å². The maximum atomic E-state index is 6.72. The number of para-hydroxylation sites is 1. The zero-order chi connectivity index (χ0) is 18.0. The predicted molar refractivity (Wildman–Crippen MR) is 115 cm³/mol. The van der Waals surface area contributed by atoms with Gasteiger partial charge in [-0.1, -0.05) is 66.2 Å². The zero-order valence-corrected chi connectivity index (χ0v) is 15.6. The Kier molecular flexibility index (Phi) is 3.13. The molecule has 6 aromatic rings. The van der Waals surface area contributed by atoms with E-state index >= 15 is 0 Å². The lowest BCUT2D eigenvalue weighted by atomic mass is 10.1. The minimum atomic E-state index is 0.642. The summed E-state index contributed by atoms with van der Waals surface area (Å²) >= 11 is 8.33. The number of halogens is 1. The summed E-state index contributed by atoms with van der Waals surface area (Å²) in [5, 5.41) is 6.12. The lowest BCUT2D eigenvalue weighted by Crippen LogP contribution is -1.77. The molecule has 27 heavy (non-hydrogen) atoms. The largest absolute Gasteiger partial charge is 0.454 e. The first-order valence-electron chi connectivity index (χ1n) is 8.67. The minimum absolute atomic E-state index is 0.642. The standard InChI is InChI=1S/C23H12ClNOS/c24-20-21-17(16-7-3-4-8-19(16)26-21)12-18-22(20)27-23(25-18)15-10-9-13-5-1-2-6-14(13)11-15/h1-12H. The highest BCUT2D eigenvalue weighted by molar-refractivity contribution is 7.22. The van der Waals surface area contributed by atoms with Crippen molar-refractivity contribution >= 4 is 65.9 Å². The molecule has 0 amide bonds. The number of nitrogens with zero attached hydrogens (tertiary/aromatic N) is 1. The molecule has 0 aliphatic heterocycles. The summed E-state index contributed by atoms with van der Waals surface area (Å²) in [6, 6.07) is 24.9. The Hall–Kier alpha value is -2.88. The van der Waals surface area contributed by atoms with Gasteiger partial charge in [0, 0.05) is 16.3 Å². The first-order chi connectivity index (χ1) is 13.3. The van der Waals surface area contributed by atoms with Gasteiger partial charge in [0.15, 0.2) is 5.58 Å². The lowest BCUT2D eigenvalue weighted by Gasteiger charge is -2.00. The first-order valence-corrected chi connectivity index (χ1v) is 9.87. The van der Waals surface area contributed by atoms with Gasteiger partial charge < -0.3 is 4.42 Å². The van der Waals surface area contributed by atoms with Crippen molar-refractivity contribution in [3.63, 3.8) is 0 Å². The van der Waals surface area contributed by atoms with Gasteiger partial charge in [-0.05, 0) is 29.0 Å². The molecule has 4 heteroatoms. The van der Waals surface area contributed by atoms with Gasteiger partial charge in [-0.2, -0.15) is 0 Å². The van der Waals surface area contributed by atoms with Crippen LogP contribution in [-0.4, -0.2) is 4.98 Å². The molecular formula is C23H12ClNOS. The fourth-order valence-electron chi connectivity index (χ4n) is 3.64. The van der Waals surface area contributed by atoms with Crippen LogP contribution in [0.1, 0.15) is 0 Å². The van der Waals surface area contributed by atoms with Gasteiger partial charge in [-0.15, -0.1) is 11.3 Å². The summed E-state index contributed by atoms with van der Waals surface area (Å²) in [7, 11) is 0. The normalized spacial score (nSPS) is 11.9. The van der Waals surface area contributed by atoms with E-state index in [1.807, 2.05) is 18.2 Å². The molecule has 0 bridgehead atoms. The van der Waals surface area contributed by atoms with Gasteiger partial charge >= 0.3 is 0 Å². The molecule has 0 saturated heterocycles. The van der Waals surface area contributed by atoms with Gasteiger partial charge in [-0.3, -0.25) is 0 Å². The molecule has 0 saturated carbocycles. The lowest BCUT2D eigenvalue weighted by molar-refractivity contribution is 0.669. The average Bonchev–Trinajstić information content (AvgIpc) is 3.30. The molecule has 2 heterocycles. The van der Waals surface area contributed by atoms with Crippen LogP contribution in [0.4, 0.5) is 0 Å². The van der Waals surface area contributed by atoms with Crippen molar-refractivity contribution in [1.29, 1.82) is 0 Å². The van der Waals surface area contributed by atoms with Crippen LogP contribution >= 0.6 is 22.9 Å². The minimum Gasteiger partial charge on any atom is -0.454 e. The summed E-state index contributed by atoms with van der Waals surface area (Å²) in [5.74, 6) is 0. The third kappa shape index (κ3) is 2.22. The van der Waals surface area contributed by atoms with Crippen molar-refractivity contribution < 1.29 is 4.42 Å². The second-order valence-corrected chi connectivity index (χ2v) is 7.97. The van der Waals surface area contributed by atoms with Crippen LogP contribution in [0.25, 0.3) is 53.5 Å². The van der Waals surface area contributed by atoms with E-state index in [1.54, 1.807) is 11.3 Å². The van der Waals surface area contributed by atoms with Gasteiger partial charge in [-0.25, -0.2) is 4.98 Å². The highest BCUT2D eigenvalue weighted by Crippen LogP contribution is 2.42. The van der Waals surface area contributed by atoms with Gasteiger partial charge in [0.1, 0.15) is 15.6 Å². The first kappa shape index (κ1) is 15.2. The number of hydrogen-bond donors (Lipinski definition) is 0. The maximum absolute atomic E-state index is 6.72. The van der Waals surface area contributed by atoms with E-state index < -0.39 is 0 Å². The molecule has 4 aromatic carbocycles. The van der Waals surface area contributed by atoms with Crippen molar-refractivity contribution in [2.24, 2.45) is 0 Å². The van der Waals surface area contributed by atoms with Crippen LogP contribution in [0.5, 0.6) is 0 Å². The number of aromatic nitrogens is 1. The maximum Gasteiger partial charge on any atom is 0.155 e. The Balaban J connectivity index is 1.62. The van der Waals surface area contributed by atoms with Gasteiger partial charge in [0.05, 0.1) is 10.2 Å². The Bertz CT molecular complexity index is 1490. The molecule has 128 valence electrons.